The number of aliphatic carboxylic acids is 1. The largest absolute Gasteiger partial charge is 0.490 e. The quantitative estimate of drug-likeness (QED) is 0.488. The normalized spacial score (nSPS) is 11.8. The van der Waals surface area contributed by atoms with E-state index in [-0.39, 0.29) is 5.91 Å². The number of aromatic amines is 1. The van der Waals surface area contributed by atoms with Crippen molar-refractivity contribution in [2.45, 2.75) is 12.2 Å². The Morgan fingerprint density at radius 1 is 1.07 bits per heavy atom. The highest BCUT2D eigenvalue weighted by Gasteiger charge is 2.38. The second-order valence-corrected chi connectivity index (χ2v) is 6.32. The van der Waals surface area contributed by atoms with Crippen molar-refractivity contribution < 1.29 is 27.9 Å². The second kappa shape index (κ2) is 9.90. The molecular weight excluding hydrogens is 425 g/mol. The van der Waals surface area contributed by atoms with Crippen LogP contribution in [0.5, 0.6) is 0 Å². The number of aromatic nitrogens is 2. The smallest absolute Gasteiger partial charge is 0.475 e. The highest BCUT2D eigenvalue weighted by atomic mass is 35.5. The molecule has 1 aromatic heterocycles. The molecule has 158 valence electrons. The third-order valence-corrected chi connectivity index (χ3v) is 3.99. The van der Waals surface area contributed by atoms with E-state index in [1.807, 2.05) is 30.5 Å². The highest BCUT2D eigenvalue weighted by Crippen LogP contribution is 2.21. The number of hydrogen-bond donors (Lipinski definition) is 4. The van der Waals surface area contributed by atoms with Gasteiger partial charge < -0.3 is 16.2 Å². The van der Waals surface area contributed by atoms with Crippen LogP contribution >= 0.6 is 11.6 Å². The number of alkyl halides is 3. The Balaban J connectivity index is 0.000000396. The van der Waals surface area contributed by atoms with Gasteiger partial charge >= 0.3 is 12.1 Å². The van der Waals surface area contributed by atoms with Crippen LogP contribution in [0, 0.1) is 0 Å². The maximum absolute atomic E-state index is 12.2. The molecule has 3 rings (SSSR count). The second-order valence-electron chi connectivity index (χ2n) is 5.89. The standard InChI is InChI=1S/C17H15ClN4O.C2HF3O2/c18-14-5-1-12(2-6-14)16(19)17(23)22-15-7-3-11(4-8-15)13-9-20-21-10-13;3-2(4,5)1(6)7/h1-10,16H,19H2,(H,20,21)(H,22,23);(H,6,7). The summed E-state index contributed by atoms with van der Waals surface area (Å²) >= 11 is 5.83. The van der Waals surface area contributed by atoms with E-state index in [2.05, 4.69) is 15.5 Å². The lowest BCUT2D eigenvalue weighted by Gasteiger charge is -2.13. The first-order chi connectivity index (χ1) is 14.1. The Bertz CT molecular complexity index is 976. The van der Waals surface area contributed by atoms with Crippen LogP contribution < -0.4 is 11.1 Å². The van der Waals surface area contributed by atoms with E-state index in [9.17, 15) is 18.0 Å². The average Bonchev–Trinajstić information content (AvgIpc) is 3.23. The Morgan fingerprint density at radius 2 is 1.63 bits per heavy atom. The lowest BCUT2D eigenvalue weighted by molar-refractivity contribution is -0.192. The third kappa shape index (κ3) is 6.61. The van der Waals surface area contributed by atoms with Crippen molar-refractivity contribution in [1.29, 1.82) is 0 Å². The molecule has 0 aliphatic heterocycles. The Kier molecular flexibility index (Phi) is 7.56. The molecule has 0 saturated heterocycles. The van der Waals surface area contributed by atoms with E-state index < -0.39 is 18.2 Å². The lowest BCUT2D eigenvalue weighted by atomic mass is 10.1. The Morgan fingerprint density at radius 3 is 2.10 bits per heavy atom. The molecule has 1 amide bonds. The summed E-state index contributed by atoms with van der Waals surface area (Å²) in [6.45, 7) is 0. The molecule has 0 fully saturated rings. The highest BCUT2D eigenvalue weighted by molar-refractivity contribution is 6.30. The predicted octanol–water partition coefficient (Wildman–Crippen LogP) is 4.00. The monoisotopic (exact) mass is 440 g/mol. The maximum Gasteiger partial charge on any atom is 0.490 e. The van der Waals surface area contributed by atoms with Gasteiger partial charge in [0.25, 0.3) is 0 Å². The van der Waals surface area contributed by atoms with E-state index >= 15 is 0 Å². The van der Waals surface area contributed by atoms with Crippen LogP contribution in [-0.2, 0) is 9.59 Å². The number of benzene rings is 2. The predicted molar refractivity (Wildman–Crippen MR) is 105 cm³/mol. The number of carboxylic acids is 1. The van der Waals surface area contributed by atoms with E-state index in [1.165, 1.54) is 0 Å². The molecule has 1 heterocycles. The summed E-state index contributed by atoms with van der Waals surface area (Å²) < 4.78 is 31.7. The van der Waals surface area contributed by atoms with Crippen LogP contribution in [-0.4, -0.2) is 33.4 Å². The van der Waals surface area contributed by atoms with Crippen molar-refractivity contribution in [3.8, 4) is 11.1 Å². The van der Waals surface area contributed by atoms with Crippen LogP contribution in [0.1, 0.15) is 11.6 Å². The third-order valence-electron chi connectivity index (χ3n) is 3.74. The van der Waals surface area contributed by atoms with Gasteiger partial charge in [0.15, 0.2) is 0 Å². The van der Waals surface area contributed by atoms with E-state index in [0.717, 1.165) is 11.1 Å². The van der Waals surface area contributed by atoms with Crippen LogP contribution in [0.25, 0.3) is 11.1 Å². The maximum atomic E-state index is 12.2. The molecule has 0 bridgehead atoms. The number of carbonyl (C=O) groups is 2. The summed E-state index contributed by atoms with van der Waals surface area (Å²) in [6, 6.07) is 13.6. The topological polar surface area (TPSA) is 121 Å². The number of anilines is 1. The number of carbonyl (C=O) groups excluding carboxylic acids is 1. The lowest BCUT2D eigenvalue weighted by Crippen LogP contribution is -2.27. The summed E-state index contributed by atoms with van der Waals surface area (Å²) in [6.07, 6.45) is -1.53. The first-order valence-corrected chi connectivity index (χ1v) is 8.67. The van der Waals surface area contributed by atoms with Crippen LogP contribution in [0.15, 0.2) is 60.9 Å². The number of nitrogens with one attached hydrogen (secondary N) is 2. The number of amides is 1. The van der Waals surface area contributed by atoms with Gasteiger partial charge in [-0.15, -0.1) is 0 Å². The van der Waals surface area contributed by atoms with E-state index in [1.54, 1.807) is 30.5 Å². The number of nitrogens with two attached hydrogens (primary N) is 1. The van der Waals surface area contributed by atoms with Gasteiger partial charge in [0.2, 0.25) is 5.91 Å². The van der Waals surface area contributed by atoms with Gasteiger partial charge in [-0.1, -0.05) is 35.9 Å². The zero-order valence-electron chi connectivity index (χ0n) is 15.2. The Hall–Kier alpha value is -3.37. The molecule has 5 N–H and O–H groups in total. The minimum atomic E-state index is -5.08. The fourth-order valence-electron chi connectivity index (χ4n) is 2.20. The molecule has 0 aliphatic carbocycles. The van der Waals surface area contributed by atoms with E-state index in [4.69, 9.17) is 27.2 Å². The van der Waals surface area contributed by atoms with Crippen LogP contribution in [0.4, 0.5) is 18.9 Å². The van der Waals surface area contributed by atoms with Crippen molar-refractivity contribution in [3.63, 3.8) is 0 Å². The van der Waals surface area contributed by atoms with Gasteiger partial charge in [-0.3, -0.25) is 9.89 Å². The molecule has 3 aromatic rings. The minimum Gasteiger partial charge on any atom is -0.475 e. The summed E-state index contributed by atoms with van der Waals surface area (Å²) in [7, 11) is 0. The van der Waals surface area contributed by atoms with Crippen LogP contribution in [0.2, 0.25) is 5.02 Å². The molecule has 1 atom stereocenters. The van der Waals surface area contributed by atoms with Gasteiger partial charge in [-0.25, -0.2) is 4.79 Å². The van der Waals surface area contributed by atoms with Crippen LogP contribution in [0.3, 0.4) is 0 Å². The molecule has 7 nitrogen and oxygen atoms in total. The summed E-state index contributed by atoms with van der Waals surface area (Å²) in [5.41, 5.74) is 9.37. The number of H-pyrrole nitrogens is 1. The summed E-state index contributed by atoms with van der Waals surface area (Å²) in [4.78, 5) is 21.1. The number of halogens is 4. The molecule has 2 aromatic carbocycles. The zero-order valence-corrected chi connectivity index (χ0v) is 15.9. The van der Waals surface area contributed by atoms with Crippen molar-refractivity contribution in [3.05, 3.63) is 71.5 Å². The number of rotatable bonds is 4. The fraction of sp³-hybridized carbons (Fsp3) is 0.105. The van der Waals surface area contributed by atoms with Crippen molar-refractivity contribution in [2.24, 2.45) is 5.73 Å². The van der Waals surface area contributed by atoms with Gasteiger partial charge in [-0.05, 0) is 35.4 Å². The molecule has 0 spiro atoms. The van der Waals surface area contributed by atoms with Gasteiger partial charge in [0.1, 0.15) is 6.04 Å². The first-order valence-electron chi connectivity index (χ1n) is 8.29. The van der Waals surface area contributed by atoms with Gasteiger partial charge in [0, 0.05) is 22.5 Å². The SMILES string of the molecule is NC(C(=O)Nc1ccc(-c2cn[nH]c2)cc1)c1ccc(Cl)cc1.O=C(O)C(F)(F)F. The van der Waals surface area contributed by atoms with Gasteiger partial charge in [-0.2, -0.15) is 18.3 Å². The summed E-state index contributed by atoms with van der Waals surface area (Å²) in [5.74, 6) is -3.03. The molecule has 11 heteroatoms. The zero-order chi connectivity index (χ0) is 22.3. The van der Waals surface area contributed by atoms with Crippen molar-refractivity contribution in [2.75, 3.05) is 5.32 Å². The first kappa shape index (κ1) is 22.9. The molecular formula is C19H16ClF3N4O3. The van der Waals surface area contributed by atoms with Crippen molar-refractivity contribution >= 4 is 29.2 Å². The molecule has 30 heavy (non-hydrogen) atoms. The number of nitrogens with zero attached hydrogens (tertiary/aromatic N) is 1. The number of hydrogen-bond acceptors (Lipinski definition) is 4. The summed E-state index contributed by atoms with van der Waals surface area (Å²) in [5, 5.41) is 17.2. The van der Waals surface area contributed by atoms with Crippen molar-refractivity contribution in [1.82, 2.24) is 10.2 Å². The molecule has 1 unspecified atom stereocenters. The minimum absolute atomic E-state index is 0.275. The van der Waals surface area contributed by atoms with E-state index in [0.29, 0.717) is 16.3 Å². The number of carboxylic acid groups (broad SMARTS) is 1. The fourth-order valence-corrected chi connectivity index (χ4v) is 2.32. The molecule has 0 radical (unpaired) electrons. The average molecular weight is 441 g/mol. The molecule has 0 aliphatic rings. The van der Waals surface area contributed by atoms with Gasteiger partial charge in [0.05, 0.1) is 6.20 Å². The molecule has 0 saturated carbocycles. The Labute approximate surface area is 173 Å².